The summed E-state index contributed by atoms with van der Waals surface area (Å²) >= 11 is 0. The molecule has 22 heavy (non-hydrogen) atoms. The molecule has 0 saturated carbocycles. The Hall–Kier alpha value is -2.54. The van der Waals surface area contributed by atoms with Crippen LogP contribution in [0.5, 0.6) is 5.75 Å². The van der Waals surface area contributed by atoms with E-state index in [4.69, 9.17) is 5.11 Å². The second-order valence-corrected chi connectivity index (χ2v) is 5.47. The molecule has 1 N–H and O–H groups in total. The molecule has 2 aromatic rings. The Bertz CT molecular complexity index is 625. The molecule has 0 unspecified atom stereocenters. The number of aromatic hydroxyl groups is 1. The number of hydrogen-bond acceptors (Lipinski definition) is 1. The summed E-state index contributed by atoms with van der Waals surface area (Å²) in [6.45, 7) is 17.5. The van der Waals surface area contributed by atoms with Crippen molar-refractivity contribution in [1.82, 2.24) is 0 Å². The zero-order valence-electron chi connectivity index (χ0n) is 13.7. The van der Waals surface area contributed by atoms with Gasteiger partial charge in [0, 0.05) is 0 Å². The highest BCUT2D eigenvalue weighted by atomic mass is 16.3. The molecular weight excluding hydrogens is 268 g/mol. The second kappa shape index (κ2) is 8.04. The quantitative estimate of drug-likeness (QED) is 0.716. The number of phenols is 1. The Morgan fingerprint density at radius 2 is 0.818 bits per heavy atom. The van der Waals surface area contributed by atoms with Crippen molar-refractivity contribution in [2.24, 2.45) is 0 Å². The van der Waals surface area contributed by atoms with Crippen molar-refractivity contribution in [3.63, 3.8) is 0 Å². The molecule has 0 amide bonds. The average molecular weight is 292 g/mol. The van der Waals surface area contributed by atoms with Crippen LogP contribution in [-0.2, 0) is 0 Å². The monoisotopic (exact) mass is 292 g/mol. The van der Waals surface area contributed by atoms with Crippen LogP contribution in [0.15, 0.2) is 68.3 Å². The first kappa shape index (κ1) is 17.5. The van der Waals surface area contributed by atoms with Crippen LogP contribution in [0.1, 0.15) is 37.5 Å². The first-order valence-electron chi connectivity index (χ1n) is 7.18. The van der Waals surface area contributed by atoms with E-state index in [1.54, 1.807) is 12.1 Å². The topological polar surface area (TPSA) is 20.2 Å². The third kappa shape index (κ3) is 5.45. The van der Waals surface area contributed by atoms with E-state index in [0.717, 1.165) is 22.3 Å². The van der Waals surface area contributed by atoms with Gasteiger partial charge in [0.05, 0.1) is 0 Å². The molecule has 0 radical (unpaired) electrons. The summed E-state index contributed by atoms with van der Waals surface area (Å²) in [5.41, 5.74) is 6.67. The molecule has 1 nitrogen and oxygen atoms in total. The lowest BCUT2D eigenvalue weighted by molar-refractivity contribution is 0.475. The number of allylic oxidation sites excluding steroid dienone is 3. The van der Waals surface area contributed by atoms with Gasteiger partial charge in [-0.15, -0.1) is 0 Å². The van der Waals surface area contributed by atoms with E-state index in [2.05, 4.69) is 44.0 Å². The van der Waals surface area contributed by atoms with Gasteiger partial charge < -0.3 is 5.11 Å². The van der Waals surface area contributed by atoms with E-state index < -0.39 is 0 Å². The molecule has 0 heterocycles. The molecule has 0 saturated heterocycles. The fourth-order valence-electron chi connectivity index (χ4n) is 1.79. The van der Waals surface area contributed by atoms with Crippen LogP contribution in [0.3, 0.4) is 0 Å². The van der Waals surface area contributed by atoms with Crippen molar-refractivity contribution < 1.29 is 5.11 Å². The van der Waals surface area contributed by atoms with E-state index in [-0.39, 0.29) is 0 Å². The van der Waals surface area contributed by atoms with Crippen LogP contribution in [0.2, 0.25) is 0 Å². The first-order valence-corrected chi connectivity index (χ1v) is 7.18. The molecule has 114 valence electrons. The fraction of sp³-hybridized carbons (Fsp3) is 0.143. The Labute approximate surface area is 134 Å². The summed E-state index contributed by atoms with van der Waals surface area (Å²) in [7, 11) is 0. The van der Waals surface area contributed by atoms with Crippen molar-refractivity contribution in [3.8, 4) is 5.75 Å². The van der Waals surface area contributed by atoms with Gasteiger partial charge in [0.25, 0.3) is 0 Å². The van der Waals surface area contributed by atoms with Gasteiger partial charge in [-0.3, -0.25) is 0 Å². The van der Waals surface area contributed by atoms with Crippen LogP contribution < -0.4 is 0 Å². The van der Waals surface area contributed by atoms with E-state index in [1.165, 1.54) is 11.1 Å². The Morgan fingerprint density at radius 3 is 1.05 bits per heavy atom. The smallest absolute Gasteiger partial charge is 0.115 e. The largest absolute Gasteiger partial charge is 0.508 e. The van der Waals surface area contributed by atoms with Crippen molar-refractivity contribution in [2.45, 2.75) is 20.8 Å². The second-order valence-electron chi connectivity index (χ2n) is 5.47. The van der Waals surface area contributed by atoms with Gasteiger partial charge in [-0.2, -0.15) is 0 Å². The minimum atomic E-state index is 0.296. The summed E-state index contributed by atoms with van der Waals surface area (Å²) < 4.78 is 0. The van der Waals surface area contributed by atoms with Gasteiger partial charge in [-0.25, -0.2) is 0 Å². The molecule has 2 aromatic carbocycles. The molecule has 0 bridgehead atoms. The summed E-state index contributed by atoms with van der Waals surface area (Å²) in [5, 5.41) is 8.91. The number of rotatable bonds is 3. The lowest BCUT2D eigenvalue weighted by atomic mass is 10.0. The Morgan fingerprint density at radius 1 is 0.591 bits per heavy atom. The molecule has 0 aliphatic heterocycles. The highest BCUT2D eigenvalue weighted by molar-refractivity contribution is 5.66. The maximum absolute atomic E-state index is 8.91. The van der Waals surface area contributed by atoms with Gasteiger partial charge in [-0.1, -0.05) is 72.9 Å². The van der Waals surface area contributed by atoms with Crippen molar-refractivity contribution in [1.29, 1.82) is 0 Å². The standard InChI is InChI=1S/C12H14.C9H10O/c1-9(2)11-5-7-12(8-6-11)10(3)4;1-7(2)8-3-5-9(10)6-4-8/h5-8H,1,3H2,2,4H3;3-6,10H,1H2,2H3. The molecule has 2 rings (SSSR count). The molecule has 0 aliphatic carbocycles. The van der Waals surface area contributed by atoms with Crippen LogP contribution in [0.25, 0.3) is 16.7 Å². The predicted molar refractivity (Wildman–Crippen MR) is 98.7 cm³/mol. The number of phenolic OH excluding ortho intramolecular Hbond substituents is 1. The molecule has 0 spiro atoms. The van der Waals surface area contributed by atoms with E-state index in [0.29, 0.717) is 5.75 Å². The Kier molecular flexibility index (Phi) is 6.40. The molecular formula is C21H24O. The van der Waals surface area contributed by atoms with Crippen LogP contribution in [-0.4, -0.2) is 5.11 Å². The van der Waals surface area contributed by atoms with Gasteiger partial charge in [0.15, 0.2) is 0 Å². The summed E-state index contributed by atoms with van der Waals surface area (Å²) in [4.78, 5) is 0. The molecule has 0 aliphatic rings. The van der Waals surface area contributed by atoms with E-state index >= 15 is 0 Å². The minimum absolute atomic E-state index is 0.296. The fourth-order valence-corrected chi connectivity index (χ4v) is 1.79. The third-order valence-corrected chi connectivity index (χ3v) is 3.23. The van der Waals surface area contributed by atoms with Gasteiger partial charge >= 0.3 is 0 Å². The van der Waals surface area contributed by atoms with Gasteiger partial charge in [0.1, 0.15) is 5.75 Å². The van der Waals surface area contributed by atoms with E-state index in [9.17, 15) is 0 Å². The average Bonchev–Trinajstić information content (AvgIpc) is 2.48. The van der Waals surface area contributed by atoms with Gasteiger partial charge in [-0.05, 0) is 49.6 Å². The summed E-state index contributed by atoms with van der Waals surface area (Å²) in [6, 6.07) is 15.3. The normalized spacial score (nSPS) is 9.41. The lowest BCUT2D eigenvalue weighted by Gasteiger charge is -2.02. The van der Waals surface area contributed by atoms with E-state index in [1.807, 2.05) is 32.9 Å². The molecule has 0 fully saturated rings. The van der Waals surface area contributed by atoms with Gasteiger partial charge in [0.2, 0.25) is 0 Å². The molecule has 0 aromatic heterocycles. The third-order valence-electron chi connectivity index (χ3n) is 3.23. The van der Waals surface area contributed by atoms with Crippen molar-refractivity contribution in [2.75, 3.05) is 0 Å². The zero-order valence-corrected chi connectivity index (χ0v) is 13.7. The minimum Gasteiger partial charge on any atom is -0.508 e. The maximum atomic E-state index is 8.91. The SMILES string of the molecule is C=C(C)c1ccc(C(=C)C)cc1.C=C(C)c1ccc(O)cc1. The van der Waals surface area contributed by atoms with Crippen LogP contribution in [0.4, 0.5) is 0 Å². The maximum Gasteiger partial charge on any atom is 0.115 e. The number of benzene rings is 2. The predicted octanol–water partition coefficient (Wildman–Crippen LogP) is 6.18. The summed E-state index contributed by atoms with van der Waals surface area (Å²) in [5.74, 6) is 0.296. The zero-order chi connectivity index (χ0) is 16.7. The summed E-state index contributed by atoms with van der Waals surface area (Å²) in [6.07, 6.45) is 0. The lowest BCUT2D eigenvalue weighted by Crippen LogP contribution is -1.80. The highest BCUT2D eigenvalue weighted by Gasteiger charge is 1.94. The number of hydrogen-bond donors (Lipinski definition) is 1. The van der Waals surface area contributed by atoms with Crippen molar-refractivity contribution in [3.05, 3.63) is 85.0 Å². The molecule has 1 heteroatoms. The Balaban J connectivity index is 0.000000224. The molecule has 0 atom stereocenters. The highest BCUT2D eigenvalue weighted by Crippen LogP contribution is 2.16. The van der Waals surface area contributed by atoms with Crippen LogP contribution >= 0.6 is 0 Å². The first-order chi connectivity index (χ1) is 10.3. The van der Waals surface area contributed by atoms with Crippen molar-refractivity contribution >= 4 is 16.7 Å². The van der Waals surface area contributed by atoms with Crippen LogP contribution in [0, 0.1) is 0 Å².